The molecule has 0 unspecified atom stereocenters. The molecule has 0 aliphatic carbocycles. The number of rotatable bonds is 5. The number of halogens is 1. The van der Waals surface area contributed by atoms with E-state index < -0.39 is 0 Å². The molecule has 116 valence electrons. The van der Waals surface area contributed by atoms with E-state index in [1.807, 2.05) is 48.5 Å². The molecule has 0 aliphatic heterocycles. The molecule has 0 bridgehead atoms. The predicted octanol–water partition coefficient (Wildman–Crippen LogP) is 5.14. The molecule has 2 aromatic rings. The molecule has 22 heavy (non-hydrogen) atoms. The zero-order valence-electron chi connectivity index (χ0n) is 13.2. The average molecular weight is 361 g/mol. The SMILES string of the molecule is CC(C)(C)c1cc(C(=O)CBr)ccc1OCc1ccccc1. The predicted molar refractivity (Wildman–Crippen MR) is 94.0 cm³/mol. The average Bonchev–Trinajstić information content (AvgIpc) is 2.52. The number of carbonyl (C=O) groups excluding carboxylic acids is 1. The van der Waals surface area contributed by atoms with Crippen molar-refractivity contribution in [2.24, 2.45) is 0 Å². The van der Waals surface area contributed by atoms with E-state index in [-0.39, 0.29) is 11.2 Å². The summed E-state index contributed by atoms with van der Waals surface area (Å²) in [5.74, 6) is 0.919. The van der Waals surface area contributed by atoms with E-state index in [1.54, 1.807) is 0 Å². The number of hydrogen-bond donors (Lipinski definition) is 0. The summed E-state index contributed by atoms with van der Waals surface area (Å²) in [5, 5.41) is 0.334. The van der Waals surface area contributed by atoms with Crippen molar-refractivity contribution in [3.63, 3.8) is 0 Å². The maximum atomic E-state index is 11.9. The van der Waals surface area contributed by atoms with Gasteiger partial charge in [0.1, 0.15) is 12.4 Å². The summed E-state index contributed by atoms with van der Waals surface area (Å²) >= 11 is 3.23. The van der Waals surface area contributed by atoms with Crippen LogP contribution in [-0.2, 0) is 12.0 Å². The molecule has 0 saturated carbocycles. The van der Waals surface area contributed by atoms with Crippen LogP contribution in [0, 0.1) is 0 Å². The Morgan fingerprint density at radius 3 is 2.36 bits per heavy atom. The minimum Gasteiger partial charge on any atom is -0.489 e. The molecule has 0 saturated heterocycles. The third-order valence-corrected chi connectivity index (χ3v) is 3.98. The molecule has 0 heterocycles. The van der Waals surface area contributed by atoms with Crippen LogP contribution < -0.4 is 4.74 Å². The van der Waals surface area contributed by atoms with Crippen LogP contribution in [0.4, 0.5) is 0 Å². The highest BCUT2D eigenvalue weighted by molar-refractivity contribution is 9.09. The first-order chi connectivity index (χ1) is 10.4. The second-order valence-corrected chi connectivity index (χ2v) is 6.85. The zero-order valence-corrected chi connectivity index (χ0v) is 14.8. The maximum Gasteiger partial charge on any atom is 0.173 e. The Bertz CT molecular complexity index is 642. The van der Waals surface area contributed by atoms with Gasteiger partial charge in [-0.2, -0.15) is 0 Å². The van der Waals surface area contributed by atoms with E-state index in [1.165, 1.54) is 0 Å². The Morgan fingerprint density at radius 1 is 1.09 bits per heavy atom. The van der Waals surface area contributed by atoms with Crippen LogP contribution in [-0.4, -0.2) is 11.1 Å². The van der Waals surface area contributed by atoms with Gasteiger partial charge in [-0.05, 0) is 29.2 Å². The highest BCUT2D eigenvalue weighted by Crippen LogP contribution is 2.33. The van der Waals surface area contributed by atoms with Crippen molar-refractivity contribution in [3.8, 4) is 5.75 Å². The van der Waals surface area contributed by atoms with Crippen LogP contribution in [0.25, 0.3) is 0 Å². The largest absolute Gasteiger partial charge is 0.489 e. The zero-order chi connectivity index (χ0) is 16.2. The number of carbonyl (C=O) groups is 1. The molecule has 0 amide bonds. The lowest BCUT2D eigenvalue weighted by atomic mass is 9.85. The van der Waals surface area contributed by atoms with Crippen molar-refractivity contribution in [1.29, 1.82) is 0 Å². The van der Waals surface area contributed by atoms with Gasteiger partial charge in [-0.15, -0.1) is 0 Å². The molecule has 0 radical (unpaired) electrons. The fraction of sp³-hybridized carbons (Fsp3) is 0.316. The van der Waals surface area contributed by atoms with E-state index in [4.69, 9.17) is 4.74 Å². The van der Waals surface area contributed by atoms with Crippen LogP contribution in [0.2, 0.25) is 0 Å². The summed E-state index contributed by atoms with van der Waals surface area (Å²) in [5.41, 5.74) is 2.81. The molecule has 2 aromatic carbocycles. The lowest BCUT2D eigenvalue weighted by Gasteiger charge is -2.23. The smallest absolute Gasteiger partial charge is 0.173 e. The molecular weight excluding hydrogens is 340 g/mol. The van der Waals surface area contributed by atoms with Crippen LogP contribution in [0.5, 0.6) is 5.75 Å². The maximum absolute atomic E-state index is 11.9. The summed E-state index contributed by atoms with van der Waals surface area (Å²) in [7, 11) is 0. The Labute approximate surface area is 140 Å². The summed E-state index contributed by atoms with van der Waals surface area (Å²) in [6, 6.07) is 15.8. The third kappa shape index (κ3) is 4.20. The van der Waals surface area contributed by atoms with Crippen molar-refractivity contribution < 1.29 is 9.53 Å². The van der Waals surface area contributed by atoms with Gasteiger partial charge < -0.3 is 4.74 Å². The van der Waals surface area contributed by atoms with Crippen LogP contribution >= 0.6 is 15.9 Å². The Kier molecular flexibility index (Phi) is 5.41. The molecule has 0 aromatic heterocycles. The molecule has 2 rings (SSSR count). The first-order valence-corrected chi connectivity index (χ1v) is 8.44. The van der Waals surface area contributed by atoms with Gasteiger partial charge in [-0.3, -0.25) is 4.79 Å². The molecule has 0 fully saturated rings. The highest BCUT2D eigenvalue weighted by Gasteiger charge is 2.21. The molecule has 0 atom stereocenters. The first kappa shape index (κ1) is 16.8. The Hall–Kier alpha value is -1.61. The van der Waals surface area contributed by atoms with Gasteiger partial charge >= 0.3 is 0 Å². The Balaban J connectivity index is 2.28. The van der Waals surface area contributed by atoms with Crippen LogP contribution in [0.1, 0.15) is 42.3 Å². The normalized spacial score (nSPS) is 11.3. The van der Waals surface area contributed by atoms with Gasteiger partial charge in [0.15, 0.2) is 5.78 Å². The van der Waals surface area contributed by atoms with Crippen LogP contribution in [0.3, 0.4) is 0 Å². The minimum absolute atomic E-state index is 0.0834. The van der Waals surface area contributed by atoms with E-state index in [0.29, 0.717) is 17.5 Å². The highest BCUT2D eigenvalue weighted by atomic mass is 79.9. The number of Topliss-reactive ketones (excluding diaryl/α,β-unsaturated/α-hetero) is 1. The number of benzene rings is 2. The molecule has 0 spiro atoms. The van der Waals surface area contributed by atoms with E-state index >= 15 is 0 Å². The lowest BCUT2D eigenvalue weighted by Crippen LogP contribution is -2.15. The summed E-state index contributed by atoms with van der Waals surface area (Å²) in [6.07, 6.45) is 0. The van der Waals surface area contributed by atoms with E-state index in [9.17, 15) is 4.79 Å². The van der Waals surface area contributed by atoms with Crippen molar-refractivity contribution in [2.75, 3.05) is 5.33 Å². The van der Waals surface area contributed by atoms with Gasteiger partial charge in [-0.1, -0.05) is 67.0 Å². The standard InChI is InChI=1S/C19H21BrO2/c1-19(2,3)16-11-15(17(21)12-20)9-10-18(16)22-13-14-7-5-4-6-8-14/h4-11H,12-13H2,1-3H3. The molecule has 3 heteroatoms. The third-order valence-electron chi connectivity index (χ3n) is 3.47. The van der Waals surface area contributed by atoms with E-state index in [2.05, 4.69) is 36.7 Å². The number of hydrogen-bond acceptors (Lipinski definition) is 2. The lowest BCUT2D eigenvalue weighted by molar-refractivity contribution is 0.102. The summed E-state index contributed by atoms with van der Waals surface area (Å²) in [6.45, 7) is 6.90. The number of ether oxygens (including phenoxy) is 1. The fourth-order valence-corrected chi connectivity index (χ4v) is 2.55. The van der Waals surface area contributed by atoms with Gasteiger partial charge in [0.2, 0.25) is 0 Å². The van der Waals surface area contributed by atoms with Crippen molar-refractivity contribution in [3.05, 3.63) is 65.2 Å². The van der Waals surface area contributed by atoms with Gasteiger partial charge in [0, 0.05) is 11.1 Å². The van der Waals surface area contributed by atoms with Gasteiger partial charge in [0.25, 0.3) is 0 Å². The fourth-order valence-electron chi connectivity index (χ4n) is 2.23. The van der Waals surface area contributed by atoms with Crippen molar-refractivity contribution >= 4 is 21.7 Å². The monoisotopic (exact) mass is 360 g/mol. The van der Waals surface area contributed by atoms with E-state index in [0.717, 1.165) is 16.9 Å². The van der Waals surface area contributed by atoms with Gasteiger partial charge in [-0.25, -0.2) is 0 Å². The molecule has 2 nitrogen and oxygen atoms in total. The Morgan fingerprint density at radius 2 is 1.77 bits per heavy atom. The second kappa shape index (κ2) is 7.10. The second-order valence-electron chi connectivity index (χ2n) is 6.29. The summed E-state index contributed by atoms with van der Waals surface area (Å²) < 4.78 is 6.00. The van der Waals surface area contributed by atoms with Crippen molar-refractivity contribution in [2.45, 2.75) is 32.8 Å². The number of ketones is 1. The first-order valence-electron chi connectivity index (χ1n) is 7.32. The molecular formula is C19H21BrO2. The van der Waals surface area contributed by atoms with Crippen LogP contribution in [0.15, 0.2) is 48.5 Å². The van der Waals surface area contributed by atoms with Crippen molar-refractivity contribution in [1.82, 2.24) is 0 Å². The summed E-state index contributed by atoms with van der Waals surface area (Å²) in [4.78, 5) is 11.9. The molecule has 0 aliphatic rings. The quantitative estimate of drug-likeness (QED) is 0.544. The topological polar surface area (TPSA) is 26.3 Å². The molecule has 0 N–H and O–H groups in total. The van der Waals surface area contributed by atoms with Gasteiger partial charge in [0.05, 0.1) is 5.33 Å². The minimum atomic E-state index is -0.0887. The number of alkyl halides is 1.